The van der Waals surface area contributed by atoms with E-state index in [2.05, 4.69) is 10.3 Å². The van der Waals surface area contributed by atoms with Crippen LogP contribution < -0.4 is 5.32 Å². The summed E-state index contributed by atoms with van der Waals surface area (Å²) in [6.07, 6.45) is 1.67. The number of aryl methyl sites for hydroxylation is 2. The van der Waals surface area contributed by atoms with E-state index in [4.69, 9.17) is 0 Å². The number of hydrogen-bond donors (Lipinski definition) is 1. The summed E-state index contributed by atoms with van der Waals surface area (Å²) in [4.78, 5) is 17.3. The second-order valence-corrected chi connectivity index (χ2v) is 8.77. The second-order valence-electron chi connectivity index (χ2n) is 6.83. The van der Waals surface area contributed by atoms with Crippen LogP contribution in [0.25, 0.3) is 10.9 Å². The van der Waals surface area contributed by atoms with Crippen LogP contribution in [0.4, 0.5) is 5.69 Å². The predicted octanol–water partition coefficient (Wildman–Crippen LogP) is 4.13. The number of hydrogen-bond acceptors (Lipinski definition) is 4. The number of nitrogens with one attached hydrogen (secondary N) is 1. The monoisotopic (exact) mass is 411 g/mol. The van der Waals surface area contributed by atoms with Gasteiger partial charge in [-0.25, -0.2) is 8.42 Å². The van der Waals surface area contributed by atoms with E-state index < -0.39 is 10.0 Å². The Morgan fingerprint density at radius 3 is 2.28 bits per heavy atom. The summed E-state index contributed by atoms with van der Waals surface area (Å²) < 4.78 is 26.6. The molecule has 0 bridgehead atoms. The fraction of sp³-hybridized carbons (Fsp3) is 0.273. The first kappa shape index (κ1) is 21.0. The molecule has 0 aliphatic carbocycles. The van der Waals surface area contributed by atoms with E-state index >= 15 is 0 Å². The van der Waals surface area contributed by atoms with Crippen LogP contribution in [0.2, 0.25) is 0 Å². The molecule has 0 unspecified atom stereocenters. The summed E-state index contributed by atoms with van der Waals surface area (Å²) in [6, 6.07) is 11.7. The molecule has 0 fully saturated rings. The maximum Gasteiger partial charge on any atom is 0.255 e. The third-order valence-corrected chi connectivity index (χ3v) is 7.21. The molecule has 0 saturated heterocycles. The van der Waals surface area contributed by atoms with Gasteiger partial charge in [0.2, 0.25) is 10.0 Å². The average molecular weight is 412 g/mol. The fourth-order valence-electron chi connectivity index (χ4n) is 3.26. The van der Waals surface area contributed by atoms with Gasteiger partial charge >= 0.3 is 0 Å². The quantitative estimate of drug-likeness (QED) is 0.661. The molecule has 6 nitrogen and oxygen atoms in total. The molecule has 1 aromatic heterocycles. The number of carbonyl (C=O) groups excluding carboxylic acids is 1. The molecular formula is C22H25N3O3S. The van der Waals surface area contributed by atoms with Crippen molar-refractivity contribution in [2.75, 3.05) is 18.4 Å². The van der Waals surface area contributed by atoms with Gasteiger partial charge in [-0.15, -0.1) is 0 Å². The smallest absolute Gasteiger partial charge is 0.255 e. The Bertz CT molecular complexity index is 1150. The van der Waals surface area contributed by atoms with Gasteiger partial charge in [-0.3, -0.25) is 9.78 Å². The van der Waals surface area contributed by atoms with Crippen molar-refractivity contribution in [2.24, 2.45) is 0 Å². The SMILES string of the molecule is CCN(CC)S(=O)(=O)c1ccc(C(=O)Nc2ccnc3c(C)c(C)ccc23)cc1. The minimum absolute atomic E-state index is 0.179. The maximum atomic E-state index is 12.7. The van der Waals surface area contributed by atoms with Gasteiger partial charge in [0.25, 0.3) is 5.91 Å². The zero-order valence-corrected chi connectivity index (χ0v) is 17.9. The van der Waals surface area contributed by atoms with Crippen molar-refractivity contribution in [2.45, 2.75) is 32.6 Å². The molecule has 0 atom stereocenters. The normalized spacial score (nSPS) is 11.8. The molecule has 0 aliphatic rings. The molecule has 2 aromatic carbocycles. The van der Waals surface area contributed by atoms with Gasteiger partial charge in [0.15, 0.2) is 0 Å². The molecule has 3 rings (SSSR count). The summed E-state index contributed by atoms with van der Waals surface area (Å²) in [5, 5.41) is 3.78. The first-order valence-electron chi connectivity index (χ1n) is 9.56. The molecule has 0 spiro atoms. The first-order chi connectivity index (χ1) is 13.8. The van der Waals surface area contributed by atoms with E-state index in [1.165, 1.54) is 28.6 Å². The second kappa shape index (κ2) is 8.31. The zero-order valence-electron chi connectivity index (χ0n) is 17.1. The predicted molar refractivity (Wildman–Crippen MR) is 116 cm³/mol. The molecule has 1 amide bonds. The van der Waals surface area contributed by atoms with E-state index in [1.54, 1.807) is 26.1 Å². The molecule has 152 valence electrons. The molecular weight excluding hydrogens is 386 g/mol. The topological polar surface area (TPSA) is 79.4 Å². The summed E-state index contributed by atoms with van der Waals surface area (Å²) >= 11 is 0. The number of benzene rings is 2. The third kappa shape index (κ3) is 4.02. The molecule has 1 heterocycles. The minimum Gasteiger partial charge on any atom is -0.321 e. The lowest BCUT2D eigenvalue weighted by Crippen LogP contribution is -2.30. The Hall–Kier alpha value is -2.77. The standard InChI is InChI=1S/C22H25N3O3S/c1-5-25(6-2)29(27,28)18-10-8-17(9-11-18)22(26)24-20-13-14-23-21-16(4)15(3)7-12-19(20)21/h7-14H,5-6H2,1-4H3,(H,23,24,26). The van der Waals surface area contributed by atoms with E-state index in [-0.39, 0.29) is 10.8 Å². The van der Waals surface area contributed by atoms with Gasteiger partial charge in [-0.2, -0.15) is 4.31 Å². The number of carbonyl (C=O) groups is 1. The van der Waals surface area contributed by atoms with Gasteiger partial charge in [0, 0.05) is 30.2 Å². The van der Waals surface area contributed by atoms with Crippen LogP contribution >= 0.6 is 0 Å². The van der Waals surface area contributed by atoms with Crippen LogP contribution in [0.5, 0.6) is 0 Å². The lowest BCUT2D eigenvalue weighted by Gasteiger charge is -2.18. The van der Waals surface area contributed by atoms with Gasteiger partial charge in [-0.1, -0.05) is 26.0 Å². The van der Waals surface area contributed by atoms with Crippen molar-refractivity contribution in [1.82, 2.24) is 9.29 Å². The largest absolute Gasteiger partial charge is 0.321 e. The molecule has 1 N–H and O–H groups in total. The molecule has 0 saturated carbocycles. The zero-order chi connectivity index (χ0) is 21.2. The summed E-state index contributed by atoms with van der Waals surface area (Å²) in [5.74, 6) is -0.303. The van der Waals surface area contributed by atoms with Crippen LogP contribution in [0.1, 0.15) is 35.3 Å². The Morgan fingerprint density at radius 2 is 1.66 bits per heavy atom. The van der Waals surface area contributed by atoms with Crippen molar-refractivity contribution < 1.29 is 13.2 Å². The number of nitrogens with zero attached hydrogens (tertiary/aromatic N) is 2. The Labute approximate surface area is 171 Å². The van der Waals surface area contributed by atoms with Gasteiger partial charge < -0.3 is 5.32 Å². The molecule has 29 heavy (non-hydrogen) atoms. The number of rotatable bonds is 6. The van der Waals surface area contributed by atoms with Gasteiger partial charge in [-0.05, 0) is 55.3 Å². The number of aromatic nitrogens is 1. The van der Waals surface area contributed by atoms with Crippen molar-refractivity contribution in [3.63, 3.8) is 0 Å². The maximum absolute atomic E-state index is 12.7. The van der Waals surface area contributed by atoms with Gasteiger partial charge in [0.05, 0.1) is 16.1 Å². The Balaban J connectivity index is 1.88. The van der Waals surface area contributed by atoms with Crippen LogP contribution in [0.15, 0.2) is 53.6 Å². The first-order valence-corrected chi connectivity index (χ1v) is 11.0. The molecule has 3 aromatic rings. The molecule has 7 heteroatoms. The molecule has 0 radical (unpaired) electrons. The Kier molecular flexibility index (Phi) is 6.00. The highest BCUT2D eigenvalue weighted by Gasteiger charge is 2.21. The summed E-state index contributed by atoms with van der Waals surface area (Å²) in [5.41, 5.74) is 4.12. The summed E-state index contributed by atoms with van der Waals surface area (Å²) in [7, 11) is -3.55. The van der Waals surface area contributed by atoms with Crippen LogP contribution in [-0.2, 0) is 10.0 Å². The van der Waals surface area contributed by atoms with Crippen LogP contribution in [-0.4, -0.2) is 36.7 Å². The van der Waals surface area contributed by atoms with Gasteiger partial charge in [0.1, 0.15) is 0 Å². The number of fused-ring (bicyclic) bond motifs is 1. The highest BCUT2D eigenvalue weighted by molar-refractivity contribution is 7.89. The van der Waals surface area contributed by atoms with Crippen molar-refractivity contribution in [3.8, 4) is 0 Å². The number of pyridine rings is 1. The summed E-state index contributed by atoms with van der Waals surface area (Å²) in [6.45, 7) is 8.42. The van der Waals surface area contributed by atoms with Crippen molar-refractivity contribution in [3.05, 3.63) is 65.4 Å². The van der Waals surface area contributed by atoms with Crippen LogP contribution in [0, 0.1) is 13.8 Å². The lowest BCUT2D eigenvalue weighted by molar-refractivity contribution is 0.102. The number of anilines is 1. The van der Waals surface area contributed by atoms with E-state index in [9.17, 15) is 13.2 Å². The fourth-order valence-corrected chi connectivity index (χ4v) is 4.71. The highest BCUT2D eigenvalue weighted by atomic mass is 32.2. The van der Waals surface area contributed by atoms with E-state index in [0.29, 0.717) is 24.3 Å². The highest BCUT2D eigenvalue weighted by Crippen LogP contribution is 2.26. The van der Waals surface area contributed by atoms with Crippen molar-refractivity contribution in [1.29, 1.82) is 0 Å². The van der Waals surface area contributed by atoms with E-state index in [1.807, 2.05) is 26.0 Å². The van der Waals surface area contributed by atoms with Crippen LogP contribution in [0.3, 0.4) is 0 Å². The number of sulfonamides is 1. The number of amides is 1. The minimum atomic E-state index is -3.55. The third-order valence-electron chi connectivity index (χ3n) is 5.14. The molecule has 0 aliphatic heterocycles. The van der Waals surface area contributed by atoms with Crippen molar-refractivity contribution >= 4 is 32.5 Å². The Morgan fingerprint density at radius 1 is 1.00 bits per heavy atom. The van der Waals surface area contributed by atoms with E-state index in [0.717, 1.165) is 22.0 Å². The lowest BCUT2D eigenvalue weighted by atomic mass is 10.0. The average Bonchev–Trinajstić information content (AvgIpc) is 2.72.